The number of carbonyl (C=O) groups is 2. The van der Waals surface area contributed by atoms with E-state index >= 15 is 0 Å². The van der Waals surface area contributed by atoms with Crippen LogP contribution in [0.1, 0.15) is 13.8 Å². The van der Waals surface area contributed by atoms with Crippen LogP contribution in [0.25, 0.3) is 0 Å². The fraction of sp³-hybridized carbons (Fsp3) is 0.714. The Morgan fingerprint density at radius 1 is 1.45 bits per heavy atom. The Bertz CT molecular complexity index is 154. The lowest BCUT2D eigenvalue weighted by atomic mass is 10.2. The highest BCUT2D eigenvalue weighted by molar-refractivity contribution is 6.32. The van der Waals surface area contributed by atoms with Crippen LogP contribution in [0, 0.1) is 5.92 Å². The molecule has 0 fully saturated rings. The first kappa shape index (κ1) is 9.94. The van der Waals surface area contributed by atoms with Crippen LogP contribution in [0.5, 0.6) is 0 Å². The highest BCUT2D eigenvalue weighted by Crippen LogP contribution is 1.86. The van der Waals surface area contributed by atoms with Crippen molar-refractivity contribution in [1.82, 2.24) is 5.32 Å². The zero-order valence-corrected chi connectivity index (χ0v) is 7.01. The van der Waals surface area contributed by atoms with E-state index in [4.69, 9.17) is 0 Å². The van der Waals surface area contributed by atoms with Gasteiger partial charge in [-0.2, -0.15) is 0 Å². The van der Waals surface area contributed by atoms with E-state index in [0.29, 0.717) is 12.5 Å². The van der Waals surface area contributed by atoms with E-state index in [1.165, 1.54) is 7.11 Å². The summed E-state index contributed by atoms with van der Waals surface area (Å²) in [6.45, 7) is 4.38. The van der Waals surface area contributed by atoms with Gasteiger partial charge in [-0.3, -0.25) is 4.79 Å². The van der Waals surface area contributed by atoms with Crippen molar-refractivity contribution >= 4 is 11.9 Å². The molecule has 1 amide bonds. The third kappa shape index (κ3) is 4.36. The minimum absolute atomic E-state index is 0.337. The second kappa shape index (κ2) is 4.71. The molecule has 0 radical (unpaired) electrons. The highest BCUT2D eigenvalue weighted by atomic mass is 16.5. The number of methoxy groups -OCH3 is 1. The molecule has 0 rings (SSSR count). The van der Waals surface area contributed by atoms with Crippen LogP contribution in [-0.4, -0.2) is 25.5 Å². The molecule has 11 heavy (non-hydrogen) atoms. The number of rotatable bonds is 2. The maximum atomic E-state index is 10.7. The lowest BCUT2D eigenvalue weighted by Gasteiger charge is -2.04. The van der Waals surface area contributed by atoms with E-state index in [1.807, 2.05) is 13.8 Å². The van der Waals surface area contributed by atoms with Gasteiger partial charge in [-0.1, -0.05) is 13.8 Å². The SMILES string of the molecule is COC(=O)C(=O)NCC(C)C. The highest BCUT2D eigenvalue weighted by Gasteiger charge is 2.12. The number of amides is 1. The first-order valence-electron chi connectivity index (χ1n) is 3.44. The number of esters is 1. The fourth-order valence-corrected chi connectivity index (χ4v) is 0.462. The molecule has 0 aliphatic carbocycles. The van der Waals surface area contributed by atoms with Gasteiger partial charge >= 0.3 is 11.9 Å². The maximum absolute atomic E-state index is 10.7. The quantitative estimate of drug-likeness (QED) is 0.453. The van der Waals surface area contributed by atoms with Crippen molar-refractivity contribution in [2.45, 2.75) is 13.8 Å². The summed E-state index contributed by atoms with van der Waals surface area (Å²) in [5, 5.41) is 2.42. The summed E-state index contributed by atoms with van der Waals surface area (Å²) in [4.78, 5) is 21.2. The zero-order valence-electron chi connectivity index (χ0n) is 7.01. The average Bonchev–Trinajstić information content (AvgIpc) is 1.98. The molecular formula is C7H13NO3. The van der Waals surface area contributed by atoms with Gasteiger partial charge < -0.3 is 10.1 Å². The smallest absolute Gasteiger partial charge is 0.396 e. The lowest BCUT2D eigenvalue weighted by molar-refractivity contribution is -0.152. The zero-order chi connectivity index (χ0) is 8.85. The van der Waals surface area contributed by atoms with Crippen molar-refractivity contribution in [1.29, 1.82) is 0 Å². The predicted octanol–water partition coefficient (Wildman–Crippen LogP) is -0.0684. The van der Waals surface area contributed by atoms with E-state index in [0.717, 1.165) is 0 Å². The van der Waals surface area contributed by atoms with Crippen molar-refractivity contribution in [3.8, 4) is 0 Å². The van der Waals surface area contributed by atoms with Crippen LogP contribution in [-0.2, 0) is 14.3 Å². The van der Waals surface area contributed by atoms with Crippen LogP contribution >= 0.6 is 0 Å². The number of ether oxygens (including phenoxy) is 1. The lowest BCUT2D eigenvalue weighted by Crippen LogP contribution is -2.34. The van der Waals surface area contributed by atoms with Gasteiger partial charge in [-0.15, -0.1) is 0 Å². The Morgan fingerprint density at radius 2 is 2.00 bits per heavy atom. The Kier molecular flexibility index (Phi) is 4.26. The summed E-state index contributed by atoms with van der Waals surface area (Å²) < 4.78 is 4.19. The molecule has 0 saturated heterocycles. The predicted molar refractivity (Wildman–Crippen MR) is 39.9 cm³/mol. The topological polar surface area (TPSA) is 55.4 Å². The molecule has 0 aliphatic rings. The van der Waals surface area contributed by atoms with E-state index in [2.05, 4.69) is 10.1 Å². The molecule has 0 aliphatic heterocycles. The van der Waals surface area contributed by atoms with Crippen LogP contribution in [0.4, 0.5) is 0 Å². The molecule has 4 heteroatoms. The normalized spacial score (nSPS) is 9.45. The summed E-state index contributed by atoms with van der Waals surface area (Å²) in [7, 11) is 1.18. The molecule has 64 valence electrons. The number of nitrogens with one attached hydrogen (secondary N) is 1. The van der Waals surface area contributed by atoms with Gasteiger partial charge in [-0.05, 0) is 5.92 Å². The maximum Gasteiger partial charge on any atom is 0.396 e. The molecule has 0 aromatic carbocycles. The fourth-order valence-electron chi connectivity index (χ4n) is 0.462. The van der Waals surface area contributed by atoms with Gasteiger partial charge in [0.15, 0.2) is 0 Å². The molecule has 0 unspecified atom stereocenters. The molecule has 0 aromatic heterocycles. The molecule has 4 nitrogen and oxygen atoms in total. The molecule has 0 heterocycles. The molecule has 0 atom stereocenters. The molecule has 0 bridgehead atoms. The largest absolute Gasteiger partial charge is 0.462 e. The van der Waals surface area contributed by atoms with Crippen molar-refractivity contribution in [2.75, 3.05) is 13.7 Å². The second-order valence-electron chi connectivity index (χ2n) is 2.60. The standard InChI is InChI=1S/C7H13NO3/c1-5(2)4-8-6(9)7(10)11-3/h5H,4H2,1-3H3,(H,8,9). The summed E-state index contributed by atoms with van der Waals surface area (Å²) >= 11 is 0. The first-order chi connectivity index (χ1) is 5.07. The summed E-state index contributed by atoms with van der Waals surface area (Å²) in [5.74, 6) is -1.18. The number of hydrogen-bond acceptors (Lipinski definition) is 3. The Hall–Kier alpha value is -1.06. The molecule has 1 N–H and O–H groups in total. The van der Waals surface area contributed by atoms with Gasteiger partial charge in [0.25, 0.3) is 0 Å². The molecular weight excluding hydrogens is 146 g/mol. The first-order valence-corrected chi connectivity index (χ1v) is 3.44. The molecule has 0 aromatic rings. The Morgan fingerprint density at radius 3 is 2.36 bits per heavy atom. The van der Waals surface area contributed by atoms with Crippen molar-refractivity contribution < 1.29 is 14.3 Å². The van der Waals surface area contributed by atoms with Gasteiger partial charge in [0.1, 0.15) is 0 Å². The number of carbonyl (C=O) groups excluding carboxylic acids is 2. The van der Waals surface area contributed by atoms with E-state index in [-0.39, 0.29) is 0 Å². The third-order valence-electron chi connectivity index (χ3n) is 1.04. The molecule has 0 spiro atoms. The summed E-state index contributed by atoms with van der Waals surface area (Å²) in [6, 6.07) is 0. The van der Waals surface area contributed by atoms with Crippen molar-refractivity contribution in [3.05, 3.63) is 0 Å². The second-order valence-corrected chi connectivity index (χ2v) is 2.60. The number of hydrogen-bond donors (Lipinski definition) is 1. The average molecular weight is 159 g/mol. The minimum Gasteiger partial charge on any atom is -0.462 e. The third-order valence-corrected chi connectivity index (χ3v) is 1.04. The van der Waals surface area contributed by atoms with Gasteiger partial charge in [0, 0.05) is 6.54 Å². The van der Waals surface area contributed by atoms with Crippen molar-refractivity contribution in [2.24, 2.45) is 5.92 Å². The summed E-state index contributed by atoms with van der Waals surface area (Å²) in [6.07, 6.45) is 0. The van der Waals surface area contributed by atoms with Crippen molar-refractivity contribution in [3.63, 3.8) is 0 Å². The van der Waals surface area contributed by atoms with Crippen LogP contribution in [0.2, 0.25) is 0 Å². The minimum atomic E-state index is -0.842. The Balaban J connectivity index is 3.61. The molecule has 0 saturated carbocycles. The van der Waals surface area contributed by atoms with Gasteiger partial charge in [-0.25, -0.2) is 4.79 Å². The van der Waals surface area contributed by atoms with E-state index in [9.17, 15) is 9.59 Å². The van der Waals surface area contributed by atoms with E-state index in [1.54, 1.807) is 0 Å². The summed E-state index contributed by atoms with van der Waals surface area (Å²) in [5.41, 5.74) is 0. The monoisotopic (exact) mass is 159 g/mol. The van der Waals surface area contributed by atoms with Crippen LogP contribution < -0.4 is 5.32 Å². The van der Waals surface area contributed by atoms with Crippen LogP contribution in [0.3, 0.4) is 0 Å². The van der Waals surface area contributed by atoms with Gasteiger partial charge in [0.2, 0.25) is 0 Å². The van der Waals surface area contributed by atoms with Crippen LogP contribution in [0.15, 0.2) is 0 Å². The Labute approximate surface area is 65.9 Å². The van der Waals surface area contributed by atoms with Gasteiger partial charge in [0.05, 0.1) is 7.11 Å². The van der Waals surface area contributed by atoms with E-state index < -0.39 is 11.9 Å².